The van der Waals surface area contributed by atoms with Crippen LogP contribution in [0.3, 0.4) is 0 Å². The van der Waals surface area contributed by atoms with Crippen LogP contribution in [0.15, 0.2) is 24.4 Å². The Kier molecular flexibility index (Phi) is 3.55. The first-order chi connectivity index (χ1) is 9.04. The summed E-state index contributed by atoms with van der Waals surface area (Å²) in [6.45, 7) is 4.82. The molecule has 1 aromatic heterocycles. The van der Waals surface area contributed by atoms with Crippen molar-refractivity contribution < 1.29 is 15.0 Å². The molecule has 2 N–H and O–H groups in total. The van der Waals surface area contributed by atoms with Gasteiger partial charge in [-0.1, -0.05) is 6.92 Å². The fourth-order valence-corrected chi connectivity index (χ4v) is 2.04. The first-order valence-electron chi connectivity index (χ1n) is 6.13. The summed E-state index contributed by atoms with van der Waals surface area (Å²) >= 11 is 0. The van der Waals surface area contributed by atoms with Gasteiger partial charge in [-0.3, -0.25) is 4.68 Å². The molecule has 0 bridgehead atoms. The van der Waals surface area contributed by atoms with Crippen LogP contribution >= 0.6 is 0 Å². The summed E-state index contributed by atoms with van der Waals surface area (Å²) in [5.41, 5.74) is 2.45. The maximum Gasteiger partial charge on any atom is 0.335 e. The molecule has 19 heavy (non-hydrogen) atoms. The molecule has 5 nitrogen and oxygen atoms in total. The van der Waals surface area contributed by atoms with Crippen molar-refractivity contribution in [2.45, 2.75) is 26.8 Å². The zero-order chi connectivity index (χ0) is 14.0. The standard InChI is InChI=1S/C14H16N2O3/c1-3-6-16-9(2)12(8-15-16)11-5-4-10(14(18)19)7-13(11)17/h4-5,7-8,17H,3,6H2,1-2H3,(H,18,19). The Morgan fingerprint density at radius 1 is 1.37 bits per heavy atom. The third-order valence-corrected chi connectivity index (χ3v) is 3.07. The number of carboxylic acids is 1. The number of nitrogens with zero attached hydrogens (tertiary/aromatic N) is 2. The number of phenols is 1. The number of benzene rings is 1. The van der Waals surface area contributed by atoms with E-state index in [1.165, 1.54) is 12.1 Å². The molecule has 1 aromatic carbocycles. The van der Waals surface area contributed by atoms with Crippen LogP contribution in [0.5, 0.6) is 5.75 Å². The first-order valence-corrected chi connectivity index (χ1v) is 6.13. The molecule has 0 saturated heterocycles. The second-order valence-corrected chi connectivity index (χ2v) is 4.40. The lowest BCUT2D eigenvalue weighted by atomic mass is 10.0. The summed E-state index contributed by atoms with van der Waals surface area (Å²) in [6, 6.07) is 4.35. The highest BCUT2D eigenvalue weighted by Crippen LogP contribution is 2.32. The minimum Gasteiger partial charge on any atom is -0.507 e. The van der Waals surface area contributed by atoms with Crippen LogP contribution in [0.4, 0.5) is 0 Å². The lowest BCUT2D eigenvalue weighted by molar-refractivity contribution is 0.0696. The number of hydrogen-bond acceptors (Lipinski definition) is 3. The number of aromatic nitrogens is 2. The SMILES string of the molecule is CCCn1ncc(-c2ccc(C(=O)O)cc2O)c1C. The first kappa shape index (κ1) is 13.1. The topological polar surface area (TPSA) is 75.4 Å². The van der Waals surface area contributed by atoms with Crippen molar-refractivity contribution in [2.24, 2.45) is 0 Å². The summed E-state index contributed by atoms with van der Waals surface area (Å²) in [4.78, 5) is 10.8. The van der Waals surface area contributed by atoms with E-state index >= 15 is 0 Å². The van der Waals surface area contributed by atoms with Crippen molar-refractivity contribution in [2.75, 3.05) is 0 Å². The van der Waals surface area contributed by atoms with Gasteiger partial charge in [0.1, 0.15) is 5.75 Å². The van der Waals surface area contributed by atoms with Gasteiger partial charge in [0, 0.05) is 23.4 Å². The highest BCUT2D eigenvalue weighted by atomic mass is 16.4. The van der Waals surface area contributed by atoms with Gasteiger partial charge in [-0.05, 0) is 31.5 Å². The number of aryl methyl sites for hydroxylation is 1. The summed E-state index contributed by atoms with van der Waals surface area (Å²) in [5, 5.41) is 23.1. The maximum atomic E-state index is 10.8. The van der Waals surface area contributed by atoms with E-state index in [0.717, 1.165) is 24.2 Å². The van der Waals surface area contributed by atoms with Crippen molar-refractivity contribution >= 4 is 5.97 Å². The van der Waals surface area contributed by atoms with E-state index in [2.05, 4.69) is 12.0 Å². The number of aromatic hydroxyl groups is 1. The monoisotopic (exact) mass is 260 g/mol. The quantitative estimate of drug-likeness (QED) is 0.886. The van der Waals surface area contributed by atoms with Gasteiger partial charge >= 0.3 is 5.97 Å². The third kappa shape index (κ3) is 2.45. The molecule has 0 aliphatic carbocycles. The maximum absolute atomic E-state index is 10.8. The average molecular weight is 260 g/mol. The predicted octanol–water partition coefficient (Wildman–Crippen LogP) is 2.67. The lowest BCUT2D eigenvalue weighted by Gasteiger charge is -2.06. The van der Waals surface area contributed by atoms with Gasteiger partial charge in [0.25, 0.3) is 0 Å². The molecule has 0 amide bonds. The van der Waals surface area contributed by atoms with Crippen molar-refractivity contribution in [3.63, 3.8) is 0 Å². The van der Waals surface area contributed by atoms with Crippen LogP contribution in [0, 0.1) is 6.92 Å². The van der Waals surface area contributed by atoms with Crippen molar-refractivity contribution in [1.82, 2.24) is 9.78 Å². The van der Waals surface area contributed by atoms with Gasteiger partial charge in [-0.15, -0.1) is 0 Å². The Balaban J connectivity index is 2.45. The Hall–Kier alpha value is -2.30. The van der Waals surface area contributed by atoms with Crippen LogP contribution in [-0.4, -0.2) is 26.0 Å². The number of hydrogen-bond donors (Lipinski definition) is 2. The van der Waals surface area contributed by atoms with Crippen LogP contribution in [0.1, 0.15) is 29.4 Å². The molecule has 2 rings (SSSR count). The van der Waals surface area contributed by atoms with Crippen LogP contribution < -0.4 is 0 Å². The molecule has 0 fully saturated rings. The van der Waals surface area contributed by atoms with E-state index in [1.54, 1.807) is 12.3 Å². The van der Waals surface area contributed by atoms with Gasteiger partial charge in [-0.25, -0.2) is 4.79 Å². The average Bonchev–Trinajstić information content (AvgIpc) is 2.72. The zero-order valence-corrected chi connectivity index (χ0v) is 10.9. The smallest absolute Gasteiger partial charge is 0.335 e. The van der Waals surface area contributed by atoms with Gasteiger partial charge in [-0.2, -0.15) is 5.10 Å². The molecule has 0 atom stereocenters. The Morgan fingerprint density at radius 2 is 2.11 bits per heavy atom. The molecule has 0 spiro atoms. The molecule has 100 valence electrons. The van der Waals surface area contributed by atoms with Crippen LogP contribution in [0.25, 0.3) is 11.1 Å². The molecule has 0 aliphatic heterocycles. The van der Waals surface area contributed by atoms with Gasteiger partial charge in [0.05, 0.1) is 11.8 Å². The summed E-state index contributed by atoms with van der Waals surface area (Å²) < 4.78 is 1.87. The molecule has 5 heteroatoms. The molecule has 0 aliphatic rings. The predicted molar refractivity (Wildman–Crippen MR) is 71.3 cm³/mol. The fourth-order valence-electron chi connectivity index (χ4n) is 2.04. The molecule has 0 unspecified atom stereocenters. The van der Waals surface area contributed by atoms with E-state index in [1.807, 2.05) is 11.6 Å². The van der Waals surface area contributed by atoms with E-state index in [4.69, 9.17) is 5.11 Å². The van der Waals surface area contributed by atoms with Crippen LogP contribution in [-0.2, 0) is 6.54 Å². The number of carboxylic acid groups (broad SMARTS) is 1. The summed E-state index contributed by atoms with van der Waals surface area (Å²) in [7, 11) is 0. The lowest BCUT2D eigenvalue weighted by Crippen LogP contribution is -2.01. The van der Waals surface area contributed by atoms with Crippen molar-refractivity contribution in [3.05, 3.63) is 35.7 Å². The Morgan fingerprint density at radius 3 is 2.68 bits per heavy atom. The second-order valence-electron chi connectivity index (χ2n) is 4.40. The van der Waals surface area contributed by atoms with Crippen molar-refractivity contribution in [1.29, 1.82) is 0 Å². The highest BCUT2D eigenvalue weighted by Gasteiger charge is 2.13. The largest absolute Gasteiger partial charge is 0.507 e. The van der Waals surface area contributed by atoms with E-state index in [9.17, 15) is 9.90 Å². The molecule has 0 saturated carbocycles. The molecule has 0 radical (unpaired) electrons. The second kappa shape index (κ2) is 5.14. The Labute approximate surface area is 111 Å². The summed E-state index contributed by atoms with van der Waals surface area (Å²) in [6.07, 6.45) is 2.67. The Bertz CT molecular complexity index is 617. The number of phenolic OH excluding ortho intramolecular Hbond substituents is 1. The van der Waals surface area contributed by atoms with Gasteiger partial charge < -0.3 is 10.2 Å². The number of aromatic carboxylic acids is 1. The number of rotatable bonds is 4. The molecule has 1 heterocycles. The molecular weight excluding hydrogens is 244 g/mol. The number of carbonyl (C=O) groups is 1. The van der Waals surface area contributed by atoms with Crippen LogP contribution in [0.2, 0.25) is 0 Å². The van der Waals surface area contributed by atoms with Gasteiger partial charge in [0.2, 0.25) is 0 Å². The fraction of sp³-hybridized carbons (Fsp3) is 0.286. The van der Waals surface area contributed by atoms with E-state index in [-0.39, 0.29) is 11.3 Å². The van der Waals surface area contributed by atoms with E-state index in [0.29, 0.717) is 5.56 Å². The van der Waals surface area contributed by atoms with Gasteiger partial charge in [0.15, 0.2) is 0 Å². The highest BCUT2D eigenvalue weighted by molar-refractivity contribution is 5.89. The molecular formula is C14H16N2O3. The zero-order valence-electron chi connectivity index (χ0n) is 10.9. The molecule has 2 aromatic rings. The minimum atomic E-state index is -1.06. The normalized spacial score (nSPS) is 10.6. The summed E-state index contributed by atoms with van der Waals surface area (Å²) in [5.74, 6) is -1.10. The minimum absolute atomic E-state index is 0.0425. The van der Waals surface area contributed by atoms with E-state index < -0.39 is 5.97 Å². The van der Waals surface area contributed by atoms with Crippen molar-refractivity contribution in [3.8, 4) is 16.9 Å². The third-order valence-electron chi connectivity index (χ3n) is 3.07.